The van der Waals surface area contributed by atoms with E-state index in [1.54, 1.807) is 0 Å². The summed E-state index contributed by atoms with van der Waals surface area (Å²) in [5.74, 6) is 0.252. The summed E-state index contributed by atoms with van der Waals surface area (Å²) in [5, 5.41) is 7.15. The number of benzene rings is 2. The standard InChI is InChI=1S/C23H27N3O/c1-3-26(4-2)17-14-12-16(13-15-17)23-22-20(10-7-11-21(22)27)24-18-8-5-6-9-19(18)25-23/h5-6,8-9,12-15,23-25H,3-4,7,10-11H2,1-2H3. The van der Waals surface area contributed by atoms with E-state index in [0.717, 1.165) is 54.1 Å². The molecule has 1 heterocycles. The molecule has 1 aliphatic heterocycles. The van der Waals surface area contributed by atoms with Crippen LogP contribution >= 0.6 is 0 Å². The Balaban J connectivity index is 1.76. The Morgan fingerprint density at radius 2 is 1.67 bits per heavy atom. The van der Waals surface area contributed by atoms with Crippen LogP contribution in [0, 0.1) is 0 Å². The summed E-state index contributed by atoms with van der Waals surface area (Å²) in [4.78, 5) is 15.2. The van der Waals surface area contributed by atoms with E-state index in [1.807, 2.05) is 12.1 Å². The molecule has 4 nitrogen and oxygen atoms in total. The fourth-order valence-electron chi connectivity index (χ4n) is 4.15. The van der Waals surface area contributed by atoms with Crippen LogP contribution in [0.2, 0.25) is 0 Å². The molecule has 0 amide bonds. The first-order chi connectivity index (χ1) is 13.2. The normalized spacial score (nSPS) is 18.7. The van der Waals surface area contributed by atoms with Gasteiger partial charge < -0.3 is 15.5 Å². The van der Waals surface area contributed by atoms with Crippen molar-refractivity contribution >= 4 is 22.8 Å². The minimum absolute atomic E-state index is 0.116. The van der Waals surface area contributed by atoms with Crippen molar-refractivity contribution in [3.8, 4) is 0 Å². The lowest BCUT2D eigenvalue weighted by Gasteiger charge is -2.26. The van der Waals surface area contributed by atoms with Gasteiger partial charge in [-0.15, -0.1) is 0 Å². The smallest absolute Gasteiger partial charge is 0.163 e. The molecule has 27 heavy (non-hydrogen) atoms. The summed E-state index contributed by atoms with van der Waals surface area (Å²) in [7, 11) is 0. The van der Waals surface area contributed by atoms with Crippen LogP contribution < -0.4 is 15.5 Å². The molecule has 0 saturated heterocycles. The first-order valence-electron chi connectivity index (χ1n) is 9.95. The summed E-state index contributed by atoms with van der Waals surface area (Å²) in [6.07, 6.45) is 2.47. The Hall–Kier alpha value is -2.75. The molecule has 4 heteroatoms. The van der Waals surface area contributed by atoms with Crippen molar-refractivity contribution in [2.45, 2.75) is 39.2 Å². The van der Waals surface area contributed by atoms with Crippen LogP contribution in [0.1, 0.15) is 44.7 Å². The number of allylic oxidation sites excluding steroid dienone is 1. The number of Topliss-reactive ketones (excluding diaryl/α,β-unsaturated/α-hetero) is 1. The molecule has 2 aromatic carbocycles. The highest BCUT2D eigenvalue weighted by molar-refractivity contribution is 6.00. The average molecular weight is 361 g/mol. The lowest BCUT2D eigenvalue weighted by atomic mass is 9.86. The Bertz CT molecular complexity index is 865. The second-order valence-corrected chi connectivity index (χ2v) is 7.18. The summed E-state index contributed by atoms with van der Waals surface area (Å²) in [6, 6.07) is 16.7. The molecule has 1 aliphatic carbocycles. The van der Waals surface area contributed by atoms with E-state index in [4.69, 9.17) is 0 Å². The SMILES string of the molecule is CCN(CC)c1ccc(C2Nc3ccccc3NC3=C2C(=O)CCC3)cc1. The minimum Gasteiger partial charge on any atom is -0.372 e. The molecule has 1 unspecified atom stereocenters. The minimum atomic E-state index is -0.116. The molecule has 0 aromatic heterocycles. The van der Waals surface area contributed by atoms with Gasteiger partial charge in [0, 0.05) is 36.5 Å². The quantitative estimate of drug-likeness (QED) is 0.793. The fourth-order valence-corrected chi connectivity index (χ4v) is 4.15. The average Bonchev–Trinajstić information content (AvgIpc) is 2.87. The van der Waals surface area contributed by atoms with E-state index in [2.05, 4.69) is 65.8 Å². The number of hydrogen-bond donors (Lipinski definition) is 2. The van der Waals surface area contributed by atoms with Crippen molar-refractivity contribution < 1.29 is 4.79 Å². The topological polar surface area (TPSA) is 44.4 Å². The molecular formula is C23H27N3O. The number of rotatable bonds is 4. The zero-order valence-corrected chi connectivity index (χ0v) is 16.1. The molecule has 0 spiro atoms. The first kappa shape index (κ1) is 17.7. The monoisotopic (exact) mass is 361 g/mol. The fraction of sp³-hybridized carbons (Fsp3) is 0.348. The van der Waals surface area contributed by atoms with Crippen LogP contribution in [0.15, 0.2) is 59.8 Å². The first-order valence-corrected chi connectivity index (χ1v) is 9.95. The molecule has 2 N–H and O–H groups in total. The molecule has 0 fully saturated rings. The molecule has 140 valence electrons. The van der Waals surface area contributed by atoms with Crippen LogP contribution in [0.25, 0.3) is 0 Å². The van der Waals surface area contributed by atoms with Gasteiger partial charge in [-0.05, 0) is 56.5 Å². The number of fused-ring (bicyclic) bond motifs is 1. The zero-order chi connectivity index (χ0) is 18.8. The second kappa shape index (κ2) is 7.47. The molecule has 2 aromatic rings. The summed E-state index contributed by atoms with van der Waals surface area (Å²) in [5.41, 5.74) is 6.40. The predicted molar refractivity (Wildman–Crippen MR) is 112 cm³/mol. The van der Waals surface area contributed by atoms with Crippen LogP contribution in [0.4, 0.5) is 17.1 Å². The Labute approximate surface area is 161 Å². The van der Waals surface area contributed by atoms with E-state index in [0.29, 0.717) is 6.42 Å². The number of hydrogen-bond acceptors (Lipinski definition) is 4. The van der Waals surface area contributed by atoms with E-state index >= 15 is 0 Å². The van der Waals surface area contributed by atoms with Gasteiger partial charge in [0.05, 0.1) is 17.4 Å². The van der Waals surface area contributed by atoms with E-state index in [9.17, 15) is 4.79 Å². The van der Waals surface area contributed by atoms with Crippen molar-refractivity contribution in [3.63, 3.8) is 0 Å². The van der Waals surface area contributed by atoms with Crippen LogP contribution in [-0.4, -0.2) is 18.9 Å². The molecule has 0 radical (unpaired) electrons. The Morgan fingerprint density at radius 3 is 2.37 bits per heavy atom. The number of para-hydroxylation sites is 2. The lowest BCUT2D eigenvalue weighted by Crippen LogP contribution is -2.24. The Kier molecular flexibility index (Phi) is 4.88. The van der Waals surface area contributed by atoms with Gasteiger partial charge >= 0.3 is 0 Å². The van der Waals surface area contributed by atoms with Crippen molar-refractivity contribution in [2.24, 2.45) is 0 Å². The van der Waals surface area contributed by atoms with Gasteiger partial charge in [-0.2, -0.15) is 0 Å². The van der Waals surface area contributed by atoms with Crippen molar-refractivity contribution in [2.75, 3.05) is 28.6 Å². The Morgan fingerprint density at radius 1 is 0.963 bits per heavy atom. The predicted octanol–water partition coefficient (Wildman–Crippen LogP) is 5.12. The van der Waals surface area contributed by atoms with E-state index < -0.39 is 0 Å². The van der Waals surface area contributed by atoms with Gasteiger partial charge in [0.15, 0.2) is 5.78 Å². The molecular weight excluding hydrogens is 334 g/mol. The number of carbonyl (C=O) groups excluding carboxylic acids is 1. The highest BCUT2D eigenvalue weighted by atomic mass is 16.1. The largest absolute Gasteiger partial charge is 0.372 e. The maximum atomic E-state index is 12.8. The van der Waals surface area contributed by atoms with Crippen molar-refractivity contribution in [1.82, 2.24) is 0 Å². The van der Waals surface area contributed by atoms with Gasteiger partial charge in [-0.25, -0.2) is 0 Å². The van der Waals surface area contributed by atoms with Gasteiger partial charge in [-0.1, -0.05) is 24.3 Å². The summed E-state index contributed by atoms with van der Waals surface area (Å²) in [6.45, 7) is 6.32. The number of anilines is 3. The number of nitrogens with one attached hydrogen (secondary N) is 2. The van der Waals surface area contributed by atoms with Gasteiger partial charge in [-0.3, -0.25) is 4.79 Å². The van der Waals surface area contributed by atoms with Crippen LogP contribution in [0.3, 0.4) is 0 Å². The third-order valence-corrected chi connectivity index (χ3v) is 5.61. The highest BCUT2D eigenvalue weighted by Gasteiger charge is 2.31. The number of nitrogens with zero attached hydrogens (tertiary/aromatic N) is 1. The van der Waals surface area contributed by atoms with E-state index in [-0.39, 0.29) is 11.8 Å². The lowest BCUT2D eigenvalue weighted by molar-refractivity contribution is -0.116. The highest BCUT2D eigenvalue weighted by Crippen LogP contribution is 2.40. The van der Waals surface area contributed by atoms with Gasteiger partial charge in [0.25, 0.3) is 0 Å². The third kappa shape index (κ3) is 3.32. The van der Waals surface area contributed by atoms with Crippen LogP contribution in [-0.2, 0) is 4.79 Å². The summed E-state index contributed by atoms with van der Waals surface area (Å²) >= 11 is 0. The van der Waals surface area contributed by atoms with Crippen LogP contribution in [0.5, 0.6) is 0 Å². The number of carbonyl (C=O) groups is 1. The molecule has 0 bridgehead atoms. The summed E-state index contributed by atoms with van der Waals surface area (Å²) < 4.78 is 0. The molecule has 0 saturated carbocycles. The van der Waals surface area contributed by atoms with Crippen molar-refractivity contribution in [3.05, 3.63) is 65.4 Å². The molecule has 2 aliphatic rings. The zero-order valence-electron chi connectivity index (χ0n) is 16.1. The number of ketones is 1. The molecule has 4 rings (SSSR count). The second-order valence-electron chi connectivity index (χ2n) is 7.18. The third-order valence-electron chi connectivity index (χ3n) is 5.61. The molecule has 1 atom stereocenters. The maximum Gasteiger partial charge on any atom is 0.163 e. The van der Waals surface area contributed by atoms with Gasteiger partial charge in [0.1, 0.15) is 0 Å². The maximum absolute atomic E-state index is 12.8. The van der Waals surface area contributed by atoms with E-state index in [1.165, 1.54) is 5.69 Å². The van der Waals surface area contributed by atoms with Crippen molar-refractivity contribution in [1.29, 1.82) is 0 Å². The van der Waals surface area contributed by atoms with Gasteiger partial charge in [0.2, 0.25) is 0 Å².